The van der Waals surface area contributed by atoms with Crippen LogP contribution in [0.15, 0.2) is 0 Å². The van der Waals surface area contributed by atoms with E-state index in [1.54, 1.807) is 0 Å². The van der Waals surface area contributed by atoms with Crippen LogP contribution in [0.4, 0.5) is 0 Å². The highest BCUT2D eigenvalue weighted by atomic mass is 35.5. The number of rotatable bonds is 5. The summed E-state index contributed by atoms with van der Waals surface area (Å²) in [5, 5.41) is 3.00. The zero-order valence-corrected chi connectivity index (χ0v) is 11.5. The minimum atomic E-state index is 0. The van der Waals surface area contributed by atoms with Gasteiger partial charge in [-0.1, -0.05) is 6.42 Å². The monoisotopic (exact) mass is 266 g/mol. The van der Waals surface area contributed by atoms with Gasteiger partial charge in [0.25, 0.3) is 0 Å². The normalized spacial score (nSPS) is 24.6. The molecule has 2 atom stereocenters. The van der Waals surface area contributed by atoms with Crippen molar-refractivity contribution >= 4 is 30.1 Å². The number of nitrogens with two attached hydrogens (primary N) is 1. The molecule has 1 amide bonds. The highest BCUT2D eigenvalue weighted by molar-refractivity contribution is 7.98. The Labute approximate surface area is 109 Å². The molecule has 3 nitrogen and oxygen atoms in total. The molecule has 0 saturated heterocycles. The molecule has 0 heterocycles. The molecule has 3 N–H and O–H groups in total. The largest absolute Gasteiger partial charge is 0.356 e. The number of hydrogen-bond donors (Lipinski definition) is 2. The molecular formula is C11H23ClN2OS. The Morgan fingerprint density at radius 2 is 2.25 bits per heavy atom. The standard InChI is InChI=1S/C11H22N2OS.ClH/c1-15-7-3-6-13-11(14)9-4-2-5-10(12)8-9;/h9-10H,2-8,12H2,1H3,(H,13,14);1H. The van der Waals surface area contributed by atoms with Crippen LogP contribution < -0.4 is 11.1 Å². The molecule has 0 aromatic heterocycles. The molecule has 16 heavy (non-hydrogen) atoms. The van der Waals surface area contributed by atoms with Crippen LogP contribution in [0.2, 0.25) is 0 Å². The fourth-order valence-corrected chi connectivity index (χ4v) is 2.47. The molecule has 1 saturated carbocycles. The Morgan fingerprint density at radius 1 is 1.50 bits per heavy atom. The van der Waals surface area contributed by atoms with E-state index in [1.807, 2.05) is 11.8 Å². The molecule has 0 spiro atoms. The molecule has 5 heteroatoms. The third-order valence-electron chi connectivity index (χ3n) is 2.91. The predicted octanol–water partition coefficient (Wildman–Crippen LogP) is 1.79. The molecule has 0 radical (unpaired) electrons. The molecule has 0 aromatic carbocycles. The van der Waals surface area contributed by atoms with Crippen molar-refractivity contribution in [3.63, 3.8) is 0 Å². The van der Waals surface area contributed by atoms with Crippen LogP contribution in [-0.4, -0.2) is 30.5 Å². The second-order valence-electron chi connectivity index (χ2n) is 4.26. The van der Waals surface area contributed by atoms with Crippen molar-refractivity contribution in [1.29, 1.82) is 0 Å². The van der Waals surface area contributed by atoms with Gasteiger partial charge in [-0.15, -0.1) is 12.4 Å². The van der Waals surface area contributed by atoms with Crippen molar-refractivity contribution in [2.24, 2.45) is 11.7 Å². The highest BCUT2D eigenvalue weighted by Gasteiger charge is 2.24. The molecule has 0 aromatic rings. The van der Waals surface area contributed by atoms with Gasteiger partial charge in [-0.05, 0) is 37.7 Å². The molecule has 2 unspecified atom stereocenters. The maximum Gasteiger partial charge on any atom is 0.223 e. The van der Waals surface area contributed by atoms with E-state index in [0.29, 0.717) is 0 Å². The lowest BCUT2D eigenvalue weighted by molar-refractivity contribution is -0.126. The molecule has 1 aliphatic carbocycles. The zero-order valence-electron chi connectivity index (χ0n) is 9.91. The van der Waals surface area contributed by atoms with E-state index < -0.39 is 0 Å². The van der Waals surface area contributed by atoms with Gasteiger partial charge in [0.2, 0.25) is 5.91 Å². The van der Waals surface area contributed by atoms with Gasteiger partial charge in [-0.3, -0.25) is 4.79 Å². The van der Waals surface area contributed by atoms with E-state index in [0.717, 1.165) is 44.4 Å². The minimum Gasteiger partial charge on any atom is -0.356 e. The first-order valence-corrected chi connectivity index (χ1v) is 7.15. The van der Waals surface area contributed by atoms with Gasteiger partial charge in [-0.25, -0.2) is 0 Å². The van der Waals surface area contributed by atoms with Crippen molar-refractivity contribution < 1.29 is 4.79 Å². The molecular weight excluding hydrogens is 244 g/mol. The number of carbonyl (C=O) groups is 1. The van der Waals surface area contributed by atoms with Crippen molar-refractivity contribution in [3.8, 4) is 0 Å². The van der Waals surface area contributed by atoms with Gasteiger partial charge < -0.3 is 11.1 Å². The Morgan fingerprint density at radius 3 is 2.88 bits per heavy atom. The van der Waals surface area contributed by atoms with E-state index in [2.05, 4.69) is 11.6 Å². The molecule has 1 fully saturated rings. The Hall–Kier alpha value is 0.0700. The molecule has 1 aliphatic rings. The summed E-state index contributed by atoms with van der Waals surface area (Å²) in [6.07, 6.45) is 7.21. The molecule has 1 rings (SSSR count). The van der Waals surface area contributed by atoms with Crippen molar-refractivity contribution in [2.75, 3.05) is 18.6 Å². The van der Waals surface area contributed by atoms with E-state index in [-0.39, 0.29) is 30.3 Å². The third kappa shape index (κ3) is 5.97. The lowest BCUT2D eigenvalue weighted by Gasteiger charge is -2.25. The Kier molecular flexibility index (Phi) is 9.18. The van der Waals surface area contributed by atoms with E-state index >= 15 is 0 Å². The summed E-state index contributed by atoms with van der Waals surface area (Å²) in [7, 11) is 0. The van der Waals surface area contributed by atoms with E-state index in [9.17, 15) is 4.79 Å². The number of amides is 1. The average Bonchev–Trinajstić information content (AvgIpc) is 2.24. The predicted molar refractivity (Wildman–Crippen MR) is 73.2 cm³/mol. The maximum absolute atomic E-state index is 11.7. The van der Waals surface area contributed by atoms with Gasteiger partial charge in [0.15, 0.2) is 0 Å². The lowest BCUT2D eigenvalue weighted by atomic mass is 9.85. The second kappa shape index (κ2) is 9.14. The summed E-state index contributed by atoms with van der Waals surface area (Å²) >= 11 is 1.82. The highest BCUT2D eigenvalue weighted by Crippen LogP contribution is 2.22. The molecule has 0 aliphatic heterocycles. The first-order valence-electron chi connectivity index (χ1n) is 5.76. The Balaban J connectivity index is 0.00000225. The van der Waals surface area contributed by atoms with Crippen LogP contribution in [0.5, 0.6) is 0 Å². The van der Waals surface area contributed by atoms with Crippen molar-refractivity contribution in [1.82, 2.24) is 5.32 Å². The fourth-order valence-electron chi connectivity index (χ4n) is 2.04. The summed E-state index contributed by atoms with van der Waals surface area (Å²) in [6.45, 7) is 0.811. The summed E-state index contributed by atoms with van der Waals surface area (Å²) in [5.41, 5.74) is 5.86. The van der Waals surface area contributed by atoms with Gasteiger partial charge in [-0.2, -0.15) is 11.8 Å². The quantitative estimate of drug-likeness (QED) is 0.746. The summed E-state index contributed by atoms with van der Waals surface area (Å²) in [4.78, 5) is 11.7. The summed E-state index contributed by atoms with van der Waals surface area (Å²) in [5.74, 6) is 1.50. The molecule has 0 bridgehead atoms. The van der Waals surface area contributed by atoms with E-state index in [1.165, 1.54) is 0 Å². The van der Waals surface area contributed by atoms with E-state index in [4.69, 9.17) is 5.73 Å². The van der Waals surface area contributed by atoms with Crippen molar-refractivity contribution in [3.05, 3.63) is 0 Å². The smallest absolute Gasteiger partial charge is 0.223 e. The van der Waals surface area contributed by atoms with Gasteiger partial charge >= 0.3 is 0 Å². The van der Waals surface area contributed by atoms with Crippen LogP contribution in [0.25, 0.3) is 0 Å². The third-order valence-corrected chi connectivity index (χ3v) is 3.61. The minimum absolute atomic E-state index is 0. The van der Waals surface area contributed by atoms with Crippen LogP contribution in [0.3, 0.4) is 0 Å². The number of hydrogen-bond acceptors (Lipinski definition) is 3. The number of halogens is 1. The van der Waals surface area contributed by atoms with Crippen LogP contribution >= 0.6 is 24.2 Å². The van der Waals surface area contributed by atoms with Crippen LogP contribution in [0.1, 0.15) is 32.1 Å². The van der Waals surface area contributed by atoms with Crippen LogP contribution in [-0.2, 0) is 4.79 Å². The number of thioether (sulfide) groups is 1. The second-order valence-corrected chi connectivity index (χ2v) is 5.25. The van der Waals surface area contributed by atoms with Crippen molar-refractivity contribution in [2.45, 2.75) is 38.1 Å². The maximum atomic E-state index is 11.7. The average molecular weight is 267 g/mol. The zero-order chi connectivity index (χ0) is 11.1. The SMILES string of the molecule is CSCCCNC(=O)C1CCCC(N)C1.Cl. The number of carbonyl (C=O) groups excluding carboxylic acids is 1. The fraction of sp³-hybridized carbons (Fsp3) is 0.909. The topological polar surface area (TPSA) is 55.1 Å². The molecule has 96 valence electrons. The van der Waals surface area contributed by atoms with Crippen LogP contribution in [0, 0.1) is 5.92 Å². The van der Waals surface area contributed by atoms with Gasteiger partial charge in [0.05, 0.1) is 0 Å². The van der Waals surface area contributed by atoms with Gasteiger partial charge in [0.1, 0.15) is 0 Å². The number of nitrogens with one attached hydrogen (secondary N) is 1. The van der Waals surface area contributed by atoms with Gasteiger partial charge in [0, 0.05) is 18.5 Å². The first-order chi connectivity index (χ1) is 7.24. The summed E-state index contributed by atoms with van der Waals surface area (Å²) in [6, 6.07) is 0.237. The first kappa shape index (κ1) is 16.1. The summed E-state index contributed by atoms with van der Waals surface area (Å²) < 4.78 is 0. The lowest BCUT2D eigenvalue weighted by Crippen LogP contribution is -2.38. The Bertz CT molecular complexity index is 204.